The van der Waals surface area contributed by atoms with Crippen molar-refractivity contribution in [2.45, 2.75) is 37.9 Å². The predicted octanol–water partition coefficient (Wildman–Crippen LogP) is 2.62. The van der Waals surface area contributed by atoms with Crippen molar-refractivity contribution in [1.29, 1.82) is 0 Å². The summed E-state index contributed by atoms with van der Waals surface area (Å²) in [5.74, 6) is -1.92. The lowest BCUT2D eigenvalue weighted by atomic mass is 10.0. The van der Waals surface area contributed by atoms with Crippen LogP contribution in [0.5, 0.6) is 0 Å². The Labute approximate surface area is 125 Å². The normalized spacial score (nSPS) is 21.6. The third-order valence-corrected chi connectivity index (χ3v) is 3.82. The smallest absolute Gasteiger partial charge is 0.416 e. The number of nitrogens with one attached hydrogen (secondary N) is 1. The number of hydrogen-bond acceptors (Lipinski definition) is 2. The Kier molecular flexibility index (Phi) is 4.73. The van der Waals surface area contributed by atoms with Gasteiger partial charge in [0.1, 0.15) is 0 Å². The standard InChI is InChI=1S/C15H16F3NO3/c16-15(17,18)12-4-2-1-3-9(12)8-13(20)19-11-6-5-10(7-11)14(21)22/h1-4,10-11H,5-8H2,(H,19,20)(H,21,22). The molecule has 2 N–H and O–H groups in total. The lowest BCUT2D eigenvalue weighted by Crippen LogP contribution is -2.34. The van der Waals surface area contributed by atoms with E-state index in [2.05, 4.69) is 5.32 Å². The number of carbonyl (C=O) groups excluding carboxylic acids is 1. The minimum Gasteiger partial charge on any atom is -0.481 e. The van der Waals surface area contributed by atoms with Crippen molar-refractivity contribution in [3.05, 3.63) is 35.4 Å². The maximum atomic E-state index is 12.8. The summed E-state index contributed by atoms with van der Waals surface area (Å²) in [5.41, 5.74) is -0.903. The van der Waals surface area contributed by atoms with E-state index < -0.39 is 29.5 Å². The van der Waals surface area contributed by atoms with Crippen LogP contribution in [0.1, 0.15) is 30.4 Å². The van der Waals surface area contributed by atoms with Crippen molar-refractivity contribution in [3.63, 3.8) is 0 Å². The highest BCUT2D eigenvalue weighted by atomic mass is 19.4. The molecule has 120 valence electrons. The molecule has 0 heterocycles. The zero-order valence-electron chi connectivity index (χ0n) is 11.7. The fourth-order valence-corrected chi connectivity index (χ4v) is 2.74. The Hall–Kier alpha value is -2.05. The molecule has 1 aliphatic carbocycles. The van der Waals surface area contributed by atoms with Crippen LogP contribution < -0.4 is 5.32 Å². The van der Waals surface area contributed by atoms with Crippen LogP contribution in [-0.4, -0.2) is 23.0 Å². The highest BCUT2D eigenvalue weighted by Gasteiger charge is 2.34. The SMILES string of the molecule is O=C(Cc1ccccc1C(F)(F)F)NC1CCC(C(=O)O)C1. The third-order valence-electron chi connectivity index (χ3n) is 3.82. The molecule has 0 bridgehead atoms. The van der Waals surface area contributed by atoms with Gasteiger partial charge in [-0.25, -0.2) is 0 Å². The van der Waals surface area contributed by atoms with Crippen LogP contribution in [0.3, 0.4) is 0 Å². The van der Waals surface area contributed by atoms with E-state index in [0.717, 1.165) is 6.07 Å². The van der Waals surface area contributed by atoms with Gasteiger partial charge in [-0.05, 0) is 30.9 Å². The fraction of sp³-hybridized carbons (Fsp3) is 0.467. The second kappa shape index (κ2) is 6.37. The van der Waals surface area contributed by atoms with Crippen LogP contribution in [0, 0.1) is 5.92 Å². The Morgan fingerprint density at radius 2 is 1.91 bits per heavy atom. The van der Waals surface area contributed by atoms with E-state index in [1.54, 1.807) is 0 Å². The summed E-state index contributed by atoms with van der Waals surface area (Å²) in [6, 6.07) is 4.66. The average Bonchev–Trinajstić information content (AvgIpc) is 2.86. The number of benzene rings is 1. The number of alkyl halides is 3. The van der Waals surface area contributed by atoms with E-state index in [1.165, 1.54) is 18.2 Å². The lowest BCUT2D eigenvalue weighted by molar-refractivity contribution is -0.142. The summed E-state index contributed by atoms with van der Waals surface area (Å²) >= 11 is 0. The second-order valence-electron chi connectivity index (χ2n) is 5.44. The summed E-state index contributed by atoms with van der Waals surface area (Å²) in [4.78, 5) is 22.7. The zero-order valence-corrected chi connectivity index (χ0v) is 11.7. The molecule has 2 atom stereocenters. The minimum atomic E-state index is -4.50. The molecule has 0 aliphatic heterocycles. The number of carboxylic acids is 1. The topological polar surface area (TPSA) is 66.4 Å². The summed E-state index contributed by atoms with van der Waals surface area (Å²) < 4.78 is 38.5. The van der Waals surface area contributed by atoms with Crippen molar-refractivity contribution >= 4 is 11.9 Å². The maximum Gasteiger partial charge on any atom is 0.416 e. The molecule has 22 heavy (non-hydrogen) atoms. The summed E-state index contributed by atoms with van der Waals surface area (Å²) in [6.45, 7) is 0. The van der Waals surface area contributed by atoms with Crippen molar-refractivity contribution in [1.82, 2.24) is 5.32 Å². The van der Waals surface area contributed by atoms with Gasteiger partial charge in [0.25, 0.3) is 0 Å². The first-order valence-corrected chi connectivity index (χ1v) is 6.94. The first kappa shape index (κ1) is 16.3. The van der Waals surface area contributed by atoms with Gasteiger partial charge in [-0.2, -0.15) is 13.2 Å². The largest absolute Gasteiger partial charge is 0.481 e. The molecule has 0 radical (unpaired) electrons. The highest BCUT2D eigenvalue weighted by molar-refractivity contribution is 5.79. The number of rotatable bonds is 4. The fourth-order valence-electron chi connectivity index (χ4n) is 2.74. The van der Waals surface area contributed by atoms with E-state index >= 15 is 0 Å². The van der Waals surface area contributed by atoms with Gasteiger partial charge in [-0.15, -0.1) is 0 Å². The van der Waals surface area contributed by atoms with Crippen LogP contribution in [0.4, 0.5) is 13.2 Å². The number of aliphatic carboxylic acids is 1. The summed E-state index contributed by atoms with van der Waals surface area (Å²) in [5, 5.41) is 11.5. The molecule has 2 rings (SSSR count). The summed E-state index contributed by atoms with van der Waals surface area (Å²) in [6.07, 6.45) is -3.55. The van der Waals surface area contributed by atoms with Crippen LogP contribution in [-0.2, 0) is 22.2 Å². The van der Waals surface area contributed by atoms with E-state index in [9.17, 15) is 22.8 Å². The van der Waals surface area contributed by atoms with Gasteiger partial charge in [0.2, 0.25) is 5.91 Å². The van der Waals surface area contributed by atoms with Crippen molar-refractivity contribution in [2.75, 3.05) is 0 Å². The number of amides is 1. The van der Waals surface area contributed by atoms with Gasteiger partial charge in [-0.3, -0.25) is 9.59 Å². The number of carboxylic acid groups (broad SMARTS) is 1. The Balaban J connectivity index is 1.98. The average molecular weight is 315 g/mol. The molecule has 1 aliphatic rings. The van der Waals surface area contributed by atoms with Crippen LogP contribution in [0.15, 0.2) is 24.3 Å². The molecule has 1 amide bonds. The van der Waals surface area contributed by atoms with E-state index in [-0.39, 0.29) is 18.0 Å². The van der Waals surface area contributed by atoms with Crippen molar-refractivity contribution in [3.8, 4) is 0 Å². The first-order chi connectivity index (χ1) is 10.3. The molecule has 4 nitrogen and oxygen atoms in total. The van der Waals surface area contributed by atoms with Crippen LogP contribution >= 0.6 is 0 Å². The van der Waals surface area contributed by atoms with Gasteiger partial charge in [0, 0.05) is 6.04 Å². The predicted molar refractivity (Wildman–Crippen MR) is 72.1 cm³/mol. The van der Waals surface area contributed by atoms with Gasteiger partial charge < -0.3 is 10.4 Å². The van der Waals surface area contributed by atoms with Crippen LogP contribution in [0.25, 0.3) is 0 Å². The molecule has 0 saturated heterocycles. The molecular weight excluding hydrogens is 299 g/mol. The summed E-state index contributed by atoms with van der Waals surface area (Å²) in [7, 11) is 0. The highest BCUT2D eigenvalue weighted by Crippen LogP contribution is 2.32. The van der Waals surface area contributed by atoms with E-state index in [1.807, 2.05) is 0 Å². The van der Waals surface area contributed by atoms with Crippen LogP contribution in [0.2, 0.25) is 0 Å². The van der Waals surface area contributed by atoms with Gasteiger partial charge in [0.05, 0.1) is 17.9 Å². The molecule has 1 aromatic rings. The molecule has 0 spiro atoms. The molecule has 2 unspecified atom stereocenters. The van der Waals surface area contributed by atoms with Gasteiger partial charge in [0.15, 0.2) is 0 Å². The molecule has 1 saturated carbocycles. The monoisotopic (exact) mass is 315 g/mol. The minimum absolute atomic E-state index is 0.0831. The number of halogens is 3. The third kappa shape index (κ3) is 3.99. The molecule has 1 aromatic carbocycles. The maximum absolute atomic E-state index is 12.8. The molecule has 1 fully saturated rings. The second-order valence-corrected chi connectivity index (χ2v) is 5.44. The quantitative estimate of drug-likeness (QED) is 0.897. The number of carbonyl (C=O) groups is 2. The van der Waals surface area contributed by atoms with Gasteiger partial charge in [-0.1, -0.05) is 18.2 Å². The van der Waals surface area contributed by atoms with E-state index in [4.69, 9.17) is 5.11 Å². The first-order valence-electron chi connectivity index (χ1n) is 6.94. The van der Waals surface area contributed by atoms with Gasteiger partial charge >= 0.3 is 12.1 Å². The molecular formula is C15H16F3NO3. The Bertz CT molecular complexity index is 571. The van der Waals surface area contributed by atoms with E-state index in [0.29, 0.717) is 19.3 Å². The van der Waals surface area contributed by atoms with Crippen molar-refractivity contribution < 1.29 is 27.9 Å². The van der Waals surface area contributed by atoms with Crippen molar-refractivity contribution in [2.24, 2.45) is 5.92 Å². The zero-order chi connectivity index (χ0) is 16.3. The molecule has 7 heteroatoms. The number of hydrogen-bond donors (Lipinski definition) is 2. The lowest BCUT2D eigenvalue weighted by Gasteiger charge is -2.15. The molecule has 0 aromatic heterocycles. The Morgan fingerprint density at radius 1 is 1.23 bits per heavy atom. The Morgan fingerprint density at radius 3 is 2.50 bits per heavy atom.